The Hall–Kier alpha value is -1.27. The molecule has 1 rings (SSSR count). The highest BCUT2D eigenvalue weighted by Crippen LogP contribution is 2.27. The number of piperidine rings is 1. The monoisotopic (exact) mass is 281 g/mol. The molecule has 0 aromatic rings. The van der Waals surface area contributed by atoms with E-state index >= 15 is 0 Å². The van der Waals surface area contributed by atoms with Crippen molar-refractivity contribution in [2.75, 3.05) is 13.1 Å². The number of rotatable bonds is 4. The number of carboxylic acids is 1. The van der Waals surface area contributed by atoms with Gasteiger partial charge in [0.2, 0.25) is 0 Å². The molecule has 1 amide bonds. The number of carbonyl (C=O) groups is 2. The average Bonchev–Trinajstić information content (AvgIpc) is 2.34. The van der Waals surface area contributed by atoms with Crippen LogP contribution in [0.2, 0.25) is 0 Å². The summed E-state index contributed by atoms with van der Waals surface area (Å²) in [5, 5.41) is 8.74. The van der Waals surface area contributed by atoms with Gasteiger partial charge in [-0.15, -0.1) is 0 Å². The van der Waals surface area contributed by atoms with Crippen LogP contribution in [-0.4, -0.2) is 41.1 Å². The van der Waals surface area contributed by atoms with Crippen molar-refractivity contribution in [3.63, 3.8) is 0 Å². The number of carboxylic acid groups (broad SMARTS) is 1. The number of halogens is 3. The van der Waals surface area contributed by atoms with Crippen LogP contribution in [0, 0.1) is 11.8 Å². The van der Waals surface area contributed by atoms with Crippen LogP contribution in [0.4, 0.5) is 13.2 Å². The number of likely N-dealkylation sites (tertiary alicyclic amines) is 1. The van der Waals surface area contributed by atoms with Gasteiger partial charge >= 0.3 is 18.1 Å². The Bertz CT molecular complexity index is 336. The summed E-state index contributed by atoms with van der Waals surface area (Å²) in [6.07, 6.45) is -2.58. The first-order valence-corrected chi connectivity index (χ1v) is 6.30. The van der Waals surface area contributed by atoms with Gasteiger partial charge in [-0.25, -0.2) is 0 Å². The van der Waals surface area contributed by atoms with Crippen LogP contribution in [0.25, 0.3) is 0 Å². The number of aliphatic carboxylic acids is 1. The summed E-state index contributed by atoms with van der Waals surface area (Å²) in [5.74, 6) is -2.86. The highest BCUT2D eigenvalue weighted by molar-refractivity contribution is 5.81. The first-order chi connectivity index (χ1) is 8.71. The van der Waals surface area contributed by atoms with Crippen LogP contribution in [0.5, 0.6) is 0 Å². The summed E-state index contributed by atoms with van der Waals surface area (Å²) >= 11 is 0. The lowest BCUT2D eigenvalue weighted by molar-refractivity contribution is -0.186. The zero-order chi connectivity index (χ0) is 14.6. The van der Waals surface area contributed by atoms with Gasteiger partial charge in [-0.1, -0.05) is 6.92 Å². The normalized spacial score (nSPS) is 19.3. The van der Waals surface area contributed by atoms with E-state index in [1.54, 1.807) is 6.92 Å². The minimum absolute atomic E-state index is 0.102. The highest BCUT2D eigenvalue weighted by Gasteiger charge is 2.43. The van der Waals surface area contributed by atoms with E-state index in [2.05, 4.69) is 0 Å². The molecule has 0 bridgehead atoms. The zero-order valence-electron chi connectivity index (χ0n) is 10.7. The maximum Gasteiger partial charge on any atom is 0.471 e. The molecule has 0 aromatic carbocycles. The fourth-order valence-electron chi connectivity index (χ4n) is 2.21. The smallest absolute Gasteiger partial charge is 0.471 e. The molecule has 1 N–H and O–H groups in total. The maximum atomic E-state index is 12.2. The van der Waals surface area contributed by atoms with Crippen LogP contribution in [0.3, 0.4) is 0 Å². The predicted octanol–water partition coefficient (Wildman–Crippen LogP) is 2.29. The Morgan fingerprint density at radius 1 is 1.32 bits per heavy atom. The standard InChI is InChI=1S/C12H18F3NO3/c1-8(10(17)18)2-3-9-4-6-16(7-5-9)11(19)12(13,14)15/h8-9H,2-7H2,1H3,(H,17,18). The van der Waals surface area contributed by atoms with Crippen LogP contribution in [0.15, 0.2) is 0 Å². The molecule has 1 aliphatic heterocycles. The van der Waals surface area contributed by atoms with E-state index in [1.165, 1.54) is 0 Å². The van der Waals surface area contributed by atoms with Gasteiger partial charge in [0.15, 0.2) is 0 Å². The van der Waals surface area contributed by atoms with E-state index in [-0.39, 0.29) is 19.0 Å². The van der Waals surface area contributed by atoms with Crippen LogP contribution in [-0.2, 0) is 9.59 Å². The van der Waals surface area contributed by atoms with Crippen molar-refractivity contribution in [3.8, 4) is 0 Å². The summed E-state index contributed by atoms with van der Waals surface area (Å²) in [6, 6.07) is 0. The van der Waals surface area contributed by atoms with E-state index in [4.69, 9.17) is 5.11 Å². The molecule has 0 saturated carbocycles. The highest BCUT2D eigenvalue weighted by atomic mass is 19.4. The van der Waals surface area contributed by atoms with Crippen molar-refractivity contribution >= 4 is 11.9 Å². The van der Waals surface area contributed by atoms with Gasteiger partial charge in [0.25, 0.3) is 0 Å². The predicted molar refractivity (Wildman–Crippen MR) is 61.4 cm³/mol. The third-order valence-electron chi connectivity index (χ3n) is 3.57. The van der Waals surface area contributed by atoms with Crippen molar-refractivity contribution in [3.05, 3.63) is 0 Å². The number of alkyl halides is 3. The second-order valence-electron chi connectivity index (χ2n) is 5.05. The number of amides is 1. The third kappa shape index (κ3) is 4.72. The Morgan fingerprint density at radius 2 is 1.84 bits per heavy atom. The van der Waals surface area contributed by atoms with E-state index in [0.29, 0.717) is 25.7 Å². The van der Waals surface area contributed by atoms with Crippen molar-refractivity contribution in [1.82, 2.24) is 4.90 Å². The Morgan fingerprint density at radius 3 is 2.26 bits per heavy atom. The summed E-state index contributed by atoms with van der Waals surface area (Å²) in [4.78, 5) is 22.5. The zero-order valence-corrected chi connectivity index (χ0v) is 10.7. The average molecular weight is 281 g/mol. The third-order valence-corrected chi connectivity index (χ3v) is 3.57. The van der Waals surface area contributed by atoms with Gasteiger partial charge < -0.3 is 10.0 Å². The molecule has 110 valence electrons. The molecule has 0 radical (unpaired) electrons. The first-order valence-electron chi connectivity index (χ1n) is 6.30. The summed E-state index contributed by atoms with van der Waals surface area (Å²) < 4.78 is 36.7. The molecule has 4 nitrogen and oxygen atoms in total. The lowest BCUT2D eigenvalue weighted by atomic mass is 9.89. The SMILES string of the molecule is CC(CCC1CCN(C(=O)C(F)(F)F)CC1)C(=O)O. The summed E-state index contributed by atoms with van der Waals surface area (Å²) in [6.45, 7) is 1.82. The van der Waals surface area contributed by atoms with E-state index in [0.717, 1.165) is 4.90 Å². The second kappa shape index (κ2) is 6.25. The van der Waals surface area contributed by atoms with Crippen LogP contribution in [0.1, 0.15) is 32.6 Å². The number of carbonyl (C=O) groups excluding carboxylic acids is 1. The van der Waals surface area contributed by atoms with Crippen LogP contribution >= 0.6 is 0 Å². The largest absolute Gasteiger partial charge is 0.481 e. The summed E-state index contributed by atoms with van der Waals surface area (Å²) in [5.41, 5.74) is 0. The molecule has 1 heterocycles. The molecule has 0 aromatic heterocycles. The van der Waals surface area contributed by atoms with Crippen molar-refractivity contribution in [2.24, 2.45) is 11.8 Å². The first kappa shape index (κ1) is 15.8. The van der Waals surface area contributed by atoms with Crippen molar-refractivity contribution in [2.45, 2.75) is 38.8 Å². The fourth-order valence-corrected chi connectivity index (χ4v) is 2.21. The van der Waals surface area contributed by atoms with E-state index in [1.807, 2.05) is 0 Å². The van der Waals surface area contributed by atoms with E-state index < -0.39 is 24.0 Å². The maximum absolute atomic E-state index is 12.2. The molecule has 1 aliphatic rings. The molecule has 0 aliphatic carbocycles. The van der Waals surface area contributed by atoms with Gasteiger partial charge in [0.05, 0.1) is 5.92 Å². The Labute approximate surface area is 109 Å². The summed E-state index contributed by atoms with van der Waals surface area (Å²) in [7, 11) is 0. The van der Waals surface area contributed by atoms with E-state index in [9.17, 15) is 22.8 Å². The fraction of sp³-hybridized carbons (Fsp3) is 0.833. The van der Waals surface area contributed by atoms with Gasteiger partial charge in [0.1, 0.15) is 0 Å². The second-order valence-corrected chi connectivity index (χ2v) is 5.05. The van der Waals surface area contributed by atoms with Crippen LogP contribution < -0.4 is 0 Å². The van der Waals surface area contributed by atoms with Gasteiger partial charge in [-0.05, 0) is 31.6 Å². The topological polar surface area (TPSA) is 57.6 Å². The number of hydrogen-bond acceptors (Lipinski definition) is 2. The number of hydrogen-bond donors (Lipinski definition) is 1. The molecule has 1 fully saturated rings. The van der Waals surface area contributed by atoms with Crippen molar-refractivity contribution < 1.29 is 27.9 Å². The Kier molecular flexibility index (Phi) is 5.20. The molecule has 1 saturated heterocycles. The van der Waals surface area contributed by atoms with Crippen molar-refractivity contribution in [1.29, 1.82) is 0 Å². The lowest BCUT2D eigenvalue weighted by Crippen LogP contribution is -2.45. The minimum Gasteiger partial charge on any atom is -0.481 e. The van der Waals surface area contributed by atoms with Gasteiger partial charge in [-0.2, -0.15) is 13.2 Å². The molecule has 1 unspecified atom stereocenters. The molecular formula is C12H18F3NO3. The van der Waals surface area contributed by atoms with Gasteiger partial charge in [0, 0.05) is 13.1 Å². The molecule has 7 heteroatoms. The molecule has 19 heavy (non-hydrogen) atoms. The number of nitrogens with zero attached hydrogens (tertiary/aromatic N) is 1. The molecule has 1 atom stereocenters. The van der Waals surface area contributed by atoms with Gasteiger partial charge in [-0.3, -0.25) is 9.59 Å². The quantitative estimate of drug-likeness (QED) is 0.860. The minimum atomic E-state index is -4.80. The molecular weight excluding hydrogens is 263 g/mol. The lowest BCUT2D eigenvalue weighted by Gasteiger charge is -2.32. The Balaban J connectivity index is 2.33. The molecule has 0 spiro atoms.